The van der Waals surface area contributed by atoms with E-state index in [1.807, 2.05) is 25.1 Å². The van der Waals surface area contributed by atoms with Crippen molar-refractivity contribution >= 4 is 11.6 Å². The normalized spacial score (nSPS) is 11.5. The summed E-state index contributed by atoms with van der Waals surface area (Å²) in [5, 5.41) is 3.30. The first kappa shape index (κ1) is 16.8. The third-order valence-corrected chi connectivity index (χ3v) is 3.09. The molecular weight excluding hydrogens is 278 g/mol. The van der Waals surface area contributed by atoms with E-state index >= 15 is 0 Å². The molecule has 0 aromatic heterocycles. The van der Waals surface area contributed by atoms with E-state index in [0.29, 0.717) is 19.8 Å². The van der Waals surface area contributed by atoms with Crippen molar-refractivity contribution in [3.8, 4) is 11.5 Å². The molecule has 0 saturated heterocycles. The molecule has 0 aliphatic heterocycles. The molecule has 112 valence electrons. The molecule has 0 unspecified atom stereocenters. The van der Waals surface area contributed by atoms with Gasteiger partial charge in [-0.25, -0.2) is 0 Å². The maximum atomic E-state index is 5.79. The average Bonchev–Trinajstić information content (AvgIpc) is 2.49. The number of halogens is 1. The standard InChI is InChI=1S/C15H22ClNO3/c1-12(9-16)11-20-15-8-14(19-3)5-4-13(15)10-17-6-7-18-2/h4-5,8-9,17H,6-7,10-11H2,1-3H3/b12-9+. The summed E-state index contributed by atoms with van der Waals surface area (Å²) in [6, 6.07) is 5.80. The zero-order valence-corrected chi connectivity index (χ0v) is 13.0. The van der Waals surface area contributed by atoms with Crippen LogP contribution in [0.1, 0.15) is 12.5 Å². The van der Waals surface area contributed by atoms with Crippen LogP contribution in [-0.4, -0.2) is 34.0 Å². The molecule has 20 heavy (non-hydrogen) atoms. The Morgan fingerprint density at radius 3 is 2.80 bits per heavy atom. The van der Waals surface area contributed by atoms with Crippen LogP contribution < -0.4 is 14.8 Å². The summed E-state index contributed by atoms with van der Waals surface area (Å²) in [5.41, 5.74) is 3.56. The van der Waals surface area contributed by atoms with Crippen molar-refractivity contribution in [3.05, 3.63) is 34.9 Å². The Balaban J connectivity index is 2.70. The van der Waals surface area contributed by atoms with Gasteiger partial charge in [-0.2, -0.15) is 0 Å². The van der Waals surface area contributed by atoms with E-state index in [9.17, 15) is 0 Å². The summed E-state index contributed by atoms with van der Waals surface area (Å²) in [6.45, 7) is 4.57. The predicted molar refractivity (Wildman–Crippen MR) is 81.7 cm³/mol. The minimum Gasteiger partial charge on any atom is -0.497 e. The highest BCUT2D eigenvalue weighted by Crippen LogP contribution is 2.25. The number of ether oxygens (including phenoxy) is 3. The van der Waals surface area contributed by atoms with Crippen LogP contribution in [0.2, 0.25) is 0 Å². The van der Waals surface area contributed by atoms with Crippen LogP contribution in [0.5, 0.6) is 11.5 Å². The number of hydrogen-bond donors (Lipinski definition) is 1. The Hall–Kier alpha value is -1.23. The number of methoxy groups -OCH3 is 2. The number of hydrogen-bond acceptors (Lipinski definition) is 4. The van der Waals surface area contributed by atoms with Crippen LogP contribution in [0.15, 0.2) is 29.3 Å². The summed E-state index contributed by atoms with van der Waals surface area (Å²) in [7, 11) is 3.32. The van der Waals surface area contributed by atoms with Crippen LogP contribution in [0, 0.1) is 0 Å². The molecule has 5 heteroatoms. The summed E-state index contributed by atoms with van der Waals surface area (Å²) >= 11 is 5.64. The van der Waals surface area contributed by atoms with E-state index in [0.717, 1.165) is 29.2 Å². The predicted octanol–water partition coefficient (Wildman–Crippen LogP) is 2.95. The lowest BCUT2D eigenvalue weighted by Crippen LogP contribution is -2.19. The SMILES string of the molecule is COCCNCc1ccc(OC)cc1OC/C(C)=C/Cl. The van der Waals surface area contributed by atoms with Crippen molar-refractivity contribution in [2.75, 3.05) is 34.0 Å². The summed E-state index contributed by atoms with van der Waals surface area (Å²) in [4.78, 5) is 0. The molecule has 0 bridgehead atoms. The van der Waals surface area contributed by atoms with Crippen molar-refractivity contribution in [2.24, 2.45) is 0 Å². The van der Waals surface area contributed by atoms with E-state index in [4.69, 9.17) is 25.8 Å². The zero-order chi connectivity index (χ0) is 14.8. The quantitative estimate of drug-likeness (QED) is 0.712. The highest BCUT2D eigenvalue weighted by atomic mass is 35.5. The number of rotatable bonds is 9. The fourth-order valence-corrected chi connectivity index (χ4v) is 1.63. The summed E-state index contributed by atoms with van der Waals surface area (Å²) < 4.78 is 16.0. The lowest BCUT2D eigenvalue weighted by Gasteiger charge is -2.13. The Labute approximate surface area is 125 Å². The largest absolute Gasteiger partial charge is 0.497 e. The fourth-order valence-electron chi connectivity index (χ4n) is 1.56. The van der Waals surface area contributed by atoms with Crippen LogP contribution in [0.25, 0.3) is 0 Å². The van der Waals surface area contributed by atoms with Gasteiger partial charge in [0, 0.05) is 37.4 Å². The summed E-state index contributed by atoms with van der Waals surface area (Å²) in [6.07, 6.45) is 0. The Kier molecular flexibility index (Phi) is 8.11. The second-order valence-corrected chi connectivity index (χ2v) is 4.61. The molecular formula is C15H22ClNO3. The van der Waals surface area contributed by atoms with Crippen LogP contribution in [0.3, 0.4) is 0 Å². The lowest BCUT2D eigenvalue weighted by molar-refractivity contribution is 0.199. The molecule has 1 rings (SSSR count). The van der Waals surface area contributed by atoms with Gasteiger partial charge in [0.15, 0.2) is 0 Å². The smallest absolute Gasteiger partial charge is 0.127 e. The Morgan fingerprint density at radius 2 is 2.15 bits per heavy atom. The third-order valence-electron chi connectivity index (χ3n) is 2.71. The molecule has 1 N–H and O–H groups in total. The van der Waals surface area contributed by atoms with Gasteiger partial charge < -0.3 is 19.5 Å². The van der Waals surface area contributed by atoms with Crippen molar-refractivity contribution < 1.29 is 14.2 Å². The number of benzene rings is 1. The van der Waals surface area contributed by atoms with E-state index in [1.165, 1.54) is 5.54 Å². The third kappa shape index (κ3) is 5.82. The molecule has 1 aromatic rings. The Bertz CT molecular complexity index is 435. The van der Waals surface area contributed by atoms with Crippen molar-refractivity contribution in [2.45, 2.75) is 13.5 Å². The van der Waals surface area contributed by atoms with Gasteiger partial charge >= 0.3 is 0 Å². The first-order valence-electron chi connectivity index (χ1n) is 6.46. The minimum absolute atomic E-state index is 0.460. The average molecular weight is 300 g/mol. The second-order valence-electron chi connectivity index (χ2n) is 4.39. The highest BCUT2D eigenvalue weighted by Gasteiger charge is 2.06. The molecule has 0 radical (unpaired) electrons. The van der Waals surface area contributed by atoms with E-state index in [-0.39, 0.29) is 0 Å². The Morgan fingerprint density at radius 1 is 1.35 bits per heavy atom. The van der Waals surface area contributed by atoms with E-state index < -0.39 is 0 Å². The van der Waals surface area contributed by atoms with Gasteiger partial charge in [-0.3, -0.25) is 0 Å². The van der Waals surface area contributed by atoms with Gasteiger partial charge in [-0.1, -0.05) is 17.7 Å². The van der Waals surface area contributed by atoms with Crippen molar-refractivity contribution in [1.82, 2.24) is 5.32 Å². The maximum absolute atomic E-state index is 5.79. The second kappa shape index (κ2) is 9.64. The van der Waals surface area contributed by atoms with Gasteiger partial charge in [-0.05, 0) is 18.6 Å². The van der Waals surface area contributed by atoms with Crippen LogP contribution in [0.4, 0.5) is 0 Å². The molecule has 0 spiro atoms. The highest BCUT2D eigenvalue weighted by molar-refractivity contribution is 6.25. The lowest BCUT2D eigenvalue weighted by atomic mass is 10.2. The van der Waals surface area contributed by atoms with Gasteiger partial charge in [0.1, 0.15) is 18.1 Å². The molecule has 0 heterocycles. The monoisotopic (exact) mass is 299 g/mol. The van der Waals surface area contributed by atoms with Gasteiger partial charge in [0.25, 0.3) is 0 Å². The van der Waals surface area contributed by atoms with Gasteiger partial charge in [0.05, 0.1) is 13.7 Å². The maximum Gasteiger partial charge on any atom is 0.127 e. The molecule has 0 saturated carbocycles. The van der Waals surface area contributed by atoms with Crippen LogP contribution in [-0.2, 0) is 11.3 Å². The zero-order valence-electron chi connectivity index (χ0n) is 12.2. The fraction of sp³-hybridized carbons (Fsp3) is 0.467. The van der Waals surface area contributed by atoms with Crippen molar-refractivity contribution in [1.29, 1.82) is 0 Å². The van der Waals surface area contributed by atoms with Gasteiger partial charge in [0.2, 0.25) is 0 Å². The number of nitrogens with one attached hydrogen (secondary N) is 1. The molecule has 0 aliphatic carbocycles. The molecule has 4 nitrogen and oxygen atoms in total. The van der Waals surface area contributed by atoms with E-state index in [1.54, 1.807) is 14.2 Å². The molecule has 0 amide bonds. The topological polar surface area (TPSA) is 39.7 Å². The summed E-state index contributed by atoms with van der Waals surface area (Å²) in [5.74, 6) is 1.57. The molecule has 1 aromatic carbocycles. The van der Waals surface area contributed by atoms with E-state index in [2.05, 4.69) is 5.32 Å². The first-order chi connectivity index (χ1) is 9.71. The van der Waals surface area contributed by atoms with Gasteiger partial charge in [-0.15, -0.1) is 0 Å². The van der Waals surface area contributed by atoms with Crippen LogP contribution >= 0.6 is 11.6 Å². The minimum atomic E-state index is 0.460. The molecule has 0 aliphatic rings. The van der Waals surface area contributed by atoms with Crippen molar-refractivity contribution in [3.63, 3.8) is 0 Å². The molecule has 0 fully saturated rings. The first-order valence-corrected chi connectivity index (χ1v) is 6.90. The molecule has 0 atom stereocenters.